The van der Waals surface area contributed by atoms with E-state index >= 15 is 0 Å². The van der Waals surface area contributed by atoms with Crippen LogP contribution in [0.3, 0.4) is 0 Å². The minimum absolute atomic E-state index is 0.0417. The van der Waals surface area contributed by atoms with Gasteiger partial charge in [0.1, 0.15) is 5.60 Å². The second kappa shape index (κ2) is 7.31. The highest BCUT2D eigenvalue weighted by atomic mass is 16.6. The second-order valence-corrected chi connectivity index (χ2v) is 8.22. The molecular weight excluding hydrogens is 280 g/mol. The Bertz CT molecular complexity index is 360. The zero-order chi connectivity index (χ0) is 16.2. The van der Waals surface area contributed by atoms with E-state index < -0.39 is 5.41 Å². The molecule has 0 spiro atoms. The number of carbonyl (C=O) groups is 1. The Kier molecular flexibility index (Phi) is 5.89. The predicted octanol–water partition coefficient (Wildman–Crippen LogP) is 3.31. The molecule has 2 unspecified atom stereocenters. The van der Waals surface area contributed by atoms with Gasteiger partial charge in [-0.3, -0.25) is 4.79 Å². The fourth-order valence-corrected chi connectivity index (χ4v) is 4.02. The normalized spacial score (nSPS) is 31.8. The molecule has 0 aliphatic heterocycles. The molecule has 2 aliphatic carbocycles. The monoisotopic (exact) mass is 312 g/mol. The lowest BCUT2D eigenvalue weighted by molar-refractivity contribution is -0.181. The lowest BCUT2D eigenvalue weighted by Crippen LogP contribution is -2.47. The molecule has 0 saturated heterocycles. The maximum atomic E-state index is 12.4. The summed E-state index contributed by atoms with van der Waals surface area (Å²) in [5, 5.41) is 8.84. The summed E-state index contributed by atoms with van der Waals surface area (Å²) >= 11 is 0. The number of rotatable bonds is 6. The summed E-state index contributed by atoms with van der Waals surface area (Å²) in [5.74, 6) is 1.28. The van der Waals surface area contributed by atoms with E-state index in [1.165, 1.54) is 25.7 Å². The Hall–Kier alpha value is -0.610. The van der Waals surface area contributed by atoms with Crippen LogP contribution in [0.4, 0.5) is 0 Å². The van der Waals surface area contributed by atoms with Gasteiger partial charge in [-0.05, 0) is 51.9 Å². The maximum Gasteiger partial charge on any atom is 0.311 e. The number of hydrogen-bond donors (Lipinski definition) is 1. The van der Waals surface area contributed by atoms with Crippen LogP contribution in [0, 0.1) is 17.3 Å². The number of ether oxygens (including phenoxy) is 2. The number of esters is 1. The molecule has 2 fully saturated rings. The molecule has 2 rings (SSSR count). The van der Waals surface area contributed by atoms with E-state index in [4.69, 9.17) is 14.6 Å². The summed E-state index contributed by atoms with van der Waals surface area (Å²) in [7, 11) is 0. The molecule has 0 aromatic rings. The van der Waals surface area contributed by atoms with E-state index in [9.17, 15) is 4.79 Å². The van der Waals surface area contributed by atoms with Crippen molar-refractivity contribution in [1.82, 2.24) is 0 Å². The molecule has 0 radical (unpaired) electrons. The van der Waals surface area contributed by atoms with E-state index in [1.54, 1.807) is 0 Å². The Morgan fingerprint density at radius 2 is 1.82 bits per heavy atom. The van der Waals surface area contributed by atoms with Crippen LogP contribution in [-0.2, 0) is 14.3 Å². The van der Waals surface area contributed by atoms with Gasteiger partial charge in [-0.1, -0.05) is 19.3 Å². The first-order valence-electron chi connectivity index (χ1n) is 8.77. The first kappa shape index (κ1) is 17.7. The molecule has 2 saturated carbocycles. The average Bonchev–Trinajstić information content (AvgIpc) is 2.42. The zero-order valence-electron chi connectivity index (χ0n) is 14.4. The molecule has 0 aromatic heterocycles. The lowest BCUT2D eigenvalue weighted by atomic mass is 9.65. The second-order valence-electron chi connectivity index (χ2n) is 8.22. The van der Waals surface area contributed by atoms with E-state index in [0.29, 0.717) is 25.0 Å². The summed E-state index contributed by atoms with van der Waals surface area (Å²) in [4.78, 5) is 12.4. The van der Waals surface area contributed by atoms with Crippen LogP contribution < -0.4 is 0 Å². The summed E-state index contributed by atoms with van der Waals surface area (Å²) in [6, 6.07) is 0. The Balaban J connectivity index is 2.04. The van der Waals surface area contributed by atoms with Crippen LogP contribution in [0.25, 0.3) is 0 Å². The van der Waals surface area contributed by atoms with Gasteiger partial charge in [-0.25, -0.2) is 0 Å². The van der Waals surface area contributed by atoms with Crippen LogP contribution in [0.5, 0.6) is 0 Å². The van der Waals surface area contributed by atoms with Crippen LogP contribution >= 0.6 is 0 Å². The number of hydrogen-bond acceptors (Lipinski definition) is 4. The fourth-order valence-electron chi connectivity index (χ4n) is 4.02. The highest BCUT2D eigenvalue weighted by molar-refractivity contribution is 5.75. The zero-order valence-corrected chi connectivity index (χ0v) is 14.4. The molecule has 0 aromatic carbocycles. The molecular formula is C18H32O4. The van der Waals surface area contributed by atoms with Gasteiger partial charge in [0.05, 0.1) is 25.2 Å². The van der Waals surface area contributed by atoms with Crippen molar-refractivity contribution in [2.75, 3.05) is 19.8 Å². The van der Waals surface area contributed by atoms with Crippen molar-refractivity contribution in [3.8, 4) is 0 Å². The molecule has 2 bridgehead atoms. The Labute approximate surface area is 134 Å². The Morgan fingerprint density at radius 3 is 2.36 bits per heavy atom. The Morgan fingerprint density at radius 1 is 1.18 bits per heavy atom. The van der Waals surface area contributed by atoms with Gasteiger partial charge in [-0.2, -0.15) is 0 Å². The number of fused-ring (bicyclic) bond motifs is 2. The number of carbonyl (C=O) groups excluding carboxylic acids is 1. The third kappa shape index (κ3) is 4.69. The third-order valence-electron chi connectivity index (χ3n) is 5.07. The molecule has 4 heteroatoms. The molecule has 0 amide bonds. The smallest absolute Gasteiger partial charge is 0.311 e. The highest BCUT2D eigenvalue weighted by Crippen LogP contribution is 2.48. The van der Waals surface area contributed by atoms with E-state index in [1.807, 2.05) is 20.8 Å². The van der Waals surface area contributed by atoms with Crippen molar-refractivity contribution >= 4 is 5.97 Å². The summed E-state index contributed by atoms with van der Waals surface area (Å²) in [5.41, 5.74) is -0.820. The minimum Gasteiger partial charge on any atom is -0.459 e. The van der Waals surface area contributed by atoms with E-state index in [0.717, 1.165) is 19.3 Å². The summed E-state index contributed by atoms with van der Waals surface area (Å²) in [6.07, 6.45) is 7.86. The fraction of sp³-hybridized carbons (Fsp3) is 0.944. The molecule has 1 N–H and O–H groups in total. The van der Waals surface area contributed by atoms with Crippen molar-refractivity contribution in [2.24, 2.45) is 17.3 Å². The molecule has 22 heavy (non-hydrogen) atoms. The van der Waals surface area contributed by atoms with E-state index in [2.05, 4.69) is 0 Å². The van der Waals surface area contributed by atoms with Crippen LogP contribution in [-0.4, -0.2) is 36.5 Å². The SMILES string of the molecule is CC(C)(C)C(=O)OC1(CCOCCO)CC2CCCC(C2)C1. The number of aliphatic hydroxyl groups excluding tert-OH is 1. The third-order valence-corrected chi connectivity index (χ3v) is 5.07. The van der Waals surface area contributed by atoms with Gasteiger partial charge in [0.25, 0.3) is 0 Å². The quantitative estimate of drug-likeness (QED) is 0.604. The first-order chi connectivity index (χ1) is 10.3. The predicted molar refractivity (Wildman–Crippen MR) is 85.5 cm³/mol. The largest absolute Gasteiger partial charge is 0.459 e. The number of aliphatic hydroxyl groups is 1. The molecule has 2 atom stereocenters. The summed E-state index contributed by atoms with van der Waals surface area (Å²) in [6.45, 7) is 6.69. The average molecular weight is 312 g/mol. The van der Waals surface area contributed by atoms with Gasteiger partial charge < -0.3 is 14.6 Å². The van der Waals surface area contributed by atoms with Crippen molar-refractivity contribution in [2.45, 2.75) is 71.3 Å². The molecule has 0 heterocycles. The summed E-state index contributed by atoms with van der Waals surface area (Å²) < 4.78 is 11.5. The van der Waals surface area contributed by atoms with Gasteiger partial charge in [-0.15, -0.1) is 0 Å². The van der Waals surface area contributed by atoms with Crippen LogP contribution in [0.15, 0.2) is 0 Å². The topological polar surface area (TPSA) is 55.8 Å². The highest BCUT2D eigenvalue weighted by Gasteiger charge is 2.45. The molecule has 2 aliphatic rings. The van der Waals surface area contributed by atoms with Gasteiger partial charge in [0, 0.05) is 6.42 Å². The van der Waals surface area contributed by atoms with Crippen LogP contribution in [0.1, 0.15) is 65.7 Å². The lowest BCUT2D eigenvalue weighted by Gasteiger charge is -2.47. The van der Waals surface area contributed by atoms with Crippen molar-refractivity contribution in [3.05, 3.63) is 0 Å². The van der Waals surface area contributed by atoms with E-state index in [-0.39, 0.29) is 18.2 Å². The van der Waals surface area contributed by atoms with Crippen molar-refractivity contribution < 1.29 is 19.4 Å². The van der Waals surface area contributed by atoms with Gasteiger partial charge in [0.2, 0.25) is 0 Å². The molecule has 4 nitrogen and oxygen atoms in total. The van der Waals surface area contributed by atoms with Gasteiger partial charge >= 0.3 is 5.97 Å². The van der Waals surface area contributed by atoms with Gasteiger partial charge in [0.15, 0.2) is 0 Å². The van der Waals surface area contributed by atoms with Crippen molar-refractivity contribution in [1.29, 1.82) is 0 Å². The minimum atomic E-state index is -0.467. The molecule has 128 valence electrons. The first-order valence-corrected chi connectivity index (χ1v) is 8.77. The standard InChI is InChI=1S/C18H32O4/c1-17(2,3)16(20)22-18(7-9-21-10-8-19)12-14-5-4-6-15(11-14)13-18/h14-15,19H,4-13H2,1-3H3. The van der Waals surface area contributed by atoms with Crippen LogP contribution in [0.2, 0.25) is 0 Å². The van der Waals surface area contributed by atoms with Crippen molar-refractivity contribution in [3.63, 3.8) is 0 Å². The maximum absolute atomic E-state index is 12.4.